The third-order valence-corrected chi connectivity index (χ3v) is 2.84. The van der Waals surface area contributed by atoms with Crippen LogP contribution < -0.4 is 11.1 Å². The van der Waals surface area contributed by atoms with Crippen molar-refractivity contribution < 1.29 is 4.79 Å². The van der Waals surface area contributed by atoms with Crippen LogP contribution in [0.3, 0.4) is 0 Å². The van der Waals surface area contributed by atoms with Gasteiger partial charge in [-0.3, -0.25) is 10.1 Å². The number of carbonyl (C=O) groups excluding carboxylic acids is 1. The van der Waals surface area contributed by atoms with E-state index in [0.717, 1.165) is 0 Å². The molecule has 1 heterocycles. The Bertz CT molecular complexity index is 379. The van der Waals surface area contributed by atoms with Gasteiger partial charge in [0.15, 0.2) is 0 Å². The summed E-state index contributed by atoms with van der Waals surface area (Å²) in [4.78, 5) is 19.7. The first-order valence-corrected chi connectivity index (χ1v) is 5.39. The van der Waals surface area contributed by atoms with Gasteiger partial charge in [0.1, 0.15) is 5.15 Å². The molecule has 6 heteroatoms. The molecule has 3 N–H and O–H groups in total. The lowest BCUT2D eigenvalue weighted by molar-refractivity contribution is -0.124. The maximum atomic E-state index is 11.9. The molecule has 0 saturated heterocycles. The van der Waals surface area contributed by atoms with Crippen LogP contribution in [0, 0.1) is 5.41 Å². The lowest BCUT2D eigenvalue weighted by Crippen LogP contribution is -2.39. The third-order valence-electron chi connectivity index (χ3n) is 2.63. The number of anilines is 1. The Balaban J connectivity index is 2.78. The number of aromatic nitrogens is 2. The van der Waals surface area contributed by atoms with Crippen molar-refractivity contribution in [2.75, 3.05) is 11.9 Å². The lowest BCUT2D eigenvalue weighted by atomic mass is 9.87. The second-order valence-electron chi connectivity index (χ2n) is 3.78. The van der Waals surface area contributed by atoms with Gasteiger partial charge in [-0.15, -0.1) is 0 Å². The first-order chi connectivity index (χ1) is 7.51. The van der Waals surface area contributed by atoms with Crippen molar-refractivity contribution in [1.82, 2.24) is 9.97 Å². The first-order valence-electron chi connectivity index (χ1n) is 5.02. The molecular formula is C10H15ClN4O. The number of amides is 1. The Hall–Kier alpha value is -1.20. The number of hydrogen-bond donors (Lipinski definition) is 2. The van der Waals surface area contributed by atoms with E-state index in [-0.39, 0.29) is 23.6 Å². The van der Waals surface area contributed by atoms with Crippen LogP contribution in [0.5, 0.6) is 0 Å². The highest BCUT2D eigenvalue weighted by Gasteiger charge is 2.30. The number of rotatable bonds is 4. The van der Waals surface area contributed by atoms with E-state index in [1.54, 1.807) is 13.0 Å². The largest absolute Gasteiger partial charge is 0.329 e. The van der Waals surface area contributed by atoms with E-state index in [4.69, 9.17) is 17.3 Å². The van der Waals surface area contributed by atoms with Crippen LogP contribution in [0.15, 0.2) is 12.3 Å². The molecule has 5 nitrogen and oxygen atoms in total. The number of nitrogens with one attached hydrogen (secondary N) is 1. The molecule has 1 rings (SSSR count). The highest BCUT2D eigenvalue weighted by Crippen LogP contribution is 2.21. The van der Waals surface area contributed by atoms with Crippen LogP contribution in [-0.4, -0.2) is 22.4 Å². The number of hydrogen-bond acceptors (Lipinski definition) is 4. The SMILES string of the molecule is CCC(C)(CN)C(=O)Nc1nccc(Cl)n1. The molecule has 0 spiro atoms. The van der Waals surface area contributed by atoms with Crippen LogP contribution in [0.25, 0.3) is 0 Å². The fourth-order valence-electron chi connectivity index (χ4n) is 1.05. The monoisotopic (exact) mass is 242 g/mol. The molecule has 1 aromatic rings. The molecule has 1 aromatic heterocycles. The Labute approximate surface area is 99.4 Å². The van der Waals surface area contributed by atoms with Gasteiger partial charge in [0.2, 0.25) is 11.9 Å². The molecule has 0 radical (unpaired) electrons. The summed E-state index contributed by atoms with van der Waals surface area (Å²) in [7, 11) is 0. The molecule has 88 valence electrons. The number of nitrogens with zero attached hydrogens (tertiary/aromatic N) is 2. The maximum Gasteiger partial charge on any atom is 0.233 e. The summed E-state index contributed by atoms with van der Waals surface area (Å²) in [6, 6.07) is 1.54. The predicted octanol–water partition coefficient (Wildman–Crippen LogP) is 1.44. The summed E-state index contributed by atoms with van der Waals surface area (Å²) in [6.07, 6.45) is 2.13. The van der Waals surface area contributed by atoms with Gasteiger partial charge in [-0.2, -0.15) is 0 Å². The molecule has 1 unspecified atom stereocenters. The van der Waals surface area contributed by atoms with Crippen molar-refractivity contribution in [2.24, 2.45) is 11.1 Å². The topological polar surface area (TPSA) is 80.9 Å². The summed E-state index contributed by atoms with van der Waals surface area (Å²) in [5, 5.41) is 2.89. The van der Waals surface area contributed by atoms with Gasteiger partial charge in [0, 0.05) is 12.7 Å². The fourth-order valence-corrected chi connectivity index (χ4v) is 1.18. The third kappa shape index (κ3) is 2.90. The van der Waals surface area contributed by atoms with E-state index < -0.39 is 5.41 Å². The molecule has 0 fully saturated rings. The van der Waals surface area contributed by atoms with Crippen molar-refractivity contribution in [2.45, 2.75) is 20.3 Å². The zero-order valence-electron chi connectivity index (χ0n) is 9.33. The van der Waals surface area contributed by atoms with Crippen molar-refractivity contribution >= 4 is 23.5 Å². The van der Waals surface area contributed by atoms with E-state index in [9.17, 15) is 4.79 Å². The molecule has 16 heavy (non-hydrogen) atoms. The lowest BCUT2D eigenvalue weighted by Gasteiger charge is -2.24. The minimum Gasteiger partial charge on any atom is -0.329 e. The molecule has 1 atom stereocenters. The second-order valence-corrected chi connectivity index (χ2v) is 4.16. The van der Waals surface area contributed by atoms with E-state index in [0.29, 0.717) is 6.42 Å². The maximum absolute atomic E-state index is 11.9. The normalized spacial score (nSPS) is 14.2. The molecule has 0 aliphatic heterocycles. The summed E-state index contributed by atoms with van der Waals surface area (Å²) in [6.45, 7) is 3.98. The number of halogens is 1. The van der Waals surface area contributed by atoms with Crippen LogP contribution in [0.4, 0.5) is 5.95 Å². The summed E-state index contributed by atoms with van der Waals surface area (Å²) >= 11 is 5.68. The van der Waals surface area contributed by atoms with E-state index >= 15 is 0 Å². The fraction of sp³-hybridized carbons (Fsp3) is 0.500. The van der Waals surface area contributed by atoms with Crippen molar-refractivity contribution in [3.05, 3.63) is 17.4 Å². The van der Waals surface area contributed by atoms with Crippen LogP contribution in [0.2, 0.25) is 5.15 Å². The van der Waals surface area contributed by atoms with Crippen LogP contribution >= 0.6 is 11.6 Å². The van der Waals surface area contributed by atoms with Gasteiger partial charge in [0.05, 0.1) is 5.41 Å². The zero-order valence-corrected chi connectivity index (χ0v) is 10.1. The zero-order chi connectivity index (χ0) is 12.2. The summed E-state index contributed by atoms with van der Waals surface area (Å²) in [5.41, 5.74) is 4.97. The Morgan fingerprint density at radius 3 is 2.88 bits per heavy atom. The Morgan fingerprint density at radius 1 is 1.69 bits per heavy atom. The molecule has 1 amide bonds. The molecule has 0 aliphatic rings. The molecule has 0 bridgehead atoms. The smallest absolute Gasteiger partial charge is 0.233 e. The molecule has 0 aromatic carbocycles. The van der Waals surface area contributed by atoms with E-state index in [2.05, 4.69) is 15.3 Å². The highest BCUT2D eigenvalue weighted by molar-refractivity contribution is 6.29. The summed E-state index contributed by atoms with van der Waals surface area (Å²) in [5.74, 6) is 0.00499. The second kappa shape index (κ2) is 5.23. The molecule has 0 saturated carbocycles. The minimum absolute atomic E-state index is 0.195. The van der Waals surface area contributed by atoms with E-state index in [1.165, 1.54) is 6.20 Å². The van der Waals surface area contributed by atoms with Crippen molar-refractivity contribution in [3.8, 4) is 0 Å². The summed E-state index contributed by atoms with van der Waals surface area (Å²) < 4.78 is 0. The Kier molecular flexibility index (Phi) is 4.20. The van der Waals surface area contributed by atoms with Gasteiger partial charge in [0.25, 0.3) is 0 Å². The van der Waals surface area contributed by atoms with Crippen LogP contribution in [-0.2, 0) is 4.79 Å². The van der Waals surface area contributed by atoms with Crippen LogP contribution in [0.1, 0.15) is 20.3 Å². The van der Waals surface area contributed by atoms with Gasteiger partial charge >= 0.3 is 0 Å². The van der Waals surface area contributed by atoms with Gasteiger partial charge in [-0.1, -0.05) is 18.5 Å². The van der Waals surface area contributed by atoms with Gasteiger partial charge in [-0.25, -0.2) is 9.97 Å². The molecular weight excluding hydrogens is 228 g/mol. The number of carbonyl (C=O) groups is 1. The predicted molar refractivity (Wildman–Crippen MR) is 63.1 cm³/mol. The average molecular weight is 243 g/mol. The van der Waals surface area contributed by atoms with Crippen molar-refractivity contribution in [1.29, 1.82) is 0 Å². The number of nitrogens with two attached hydrogens (primary N) is 1. The quantitative estimate of drug-likeness (QED) is 0.783. The highest BCUT2D eigenvalue weighted by atomic mass is 35.5. The standard InChI is InChI=1S/C10H15ClN4O/c1-3-10(2,6-12)8(16)15-9-13-5-4-7(11)14-9/h4-5H,3,6,12H2,1-2H3,(H,13,14,15,16). The minimum atomic E-state index is -0.605. The first kappa shape index (κ1) is 12.9. The van der Waals surface area contributed by atoms with E-state index in [1.807, 2.05) is 6.92 Å². The Morgan fingerprint density at radius 2 is 2.38 bits per heavy atom. The molecule has 0 aliphatic carbocycles. The average Bonchev–Trinajstić information content (AvgIpc) is 2.28. The van der Waals surface area contributed by atoms with Gasteiger partial charge < -0.3 is 5.73 Å². The van der Waals surface area contributed by atoms with Gasteiger partial charge in [-0.05, 0) is 19.4 Å². The van der Waals surface area contributed by atoms with Crippen molar-refractivity contribution in [3.63, 3.8) is 0 Å².